The van der Waals surface area contributed by atoms with Gasteiger partial charge in [0.05, 0.1) is 5.56 Å². The summed E-state index contributed by atoms with van der Waals surface area (Å²) in [6, 6.07) is 10.4. The van der Waals surface area contributed by atoms with Crippen molar-refractivity contribution in [3.05, 3.63) is 63.0 Å². The van der Waals surface area contributed by atoms with E-state index in [9.17, 15) is 14.0 Å². The molecule has 0 saturated heterocycles. The van der Waals surface area contributed by atoms with Crippen molar-refractivity contribution in [2.45, 2.75) is 25.0 Å². The number of ether oxygens (including phenoxy) is 1. The Morgan fingerprint density at radius 2 is 1.88 bits per heavy atom. The topological polar surface area (TPSA) is 81.4 Å². The minimum atomic E-state index is -1.16. The highest BCUT2D eigenvalue weighted by atomic mass is 127. The lowest BCUT2D eigenvalue weighted by molar-refractivity contribution is -0.130. The first-order chi connectivity index (χ1) is 11.9. The largest absolute Gasteiger partial charge is 0.444 e. The summed E-state index contributed by atoms with van der Waals surface area (Å²) in [6.07, 6.45) is 0.644. The normalized spacial score (nSPS) is 14.6. The second-order valence-electron chi connectivity index (χ2n) is 5.85. The summed E-state index contributed by atoms with van der Waals surface area (Å²) in [5, 5.41) is 2.81. The van der Waals surface area contributed by atoms with Crippen molar-refractivity contribution in [2.75, 3.05) is 5.73 Å². The first-order valence-electron chi connectivity index (χ1n) is 7.76. The molecule has 0 aromatic heterocycles. The number of benzene rings is 2. The minimum absolute atomic E-state index is 0.108. The molecule has 1 fully saturated rings. The zero-order chi connectivity index (χ0) is 18.0. The van der Waals surface area contributed by atoms with Crippen molar-refractivity contribution in [1.82, 2.24) is 5.32 Å². The van der Waals surface area contributed by atoms with Crippen LogP contribution in [0.15, 0.2) is 42.5 Å². The van der Waals surface area contributed by atoms with E-state index in [4.69, 9.17) is 10.5 Å². The van der Waals surface area contributed by atoms with Crippen LogP contribution in [0.3, 0.4) is 0 Å². The SMILES string of the molecule is Nc1ccc(I)cc1C(=O)OC(C(=O)NC1CC1)c1ccc(F)cc1. The predicted molar refractivity (Wildman–Crippen MR) is 99.3 cm³/mol. The molecule has 3 N–H and O–H groups in total. The van der Waals surface area contributed by atoms with Crippen LogP contribution in [0.5, 0.6) is 0 Å². The van der Waals surface area contributed by atoms with Crippen molar-refractivity contribution >= 4 is 40.2 Å². The van der Waals surface area contributed by atoms with E-state index in [0.717, 1.165) is 16.4 Å². The van der Waals surface area contributed by atoms with E-state index in [0.29, 0.717) is 5.56 Å². The van der Waals surface area contributed by atoms with Crippen LogP contribution in [0.1, 0.15) is 34.9 Å². The minimum Gasteiger partial charge on any atom is -0.444 e. The lowest BCUT2D eigenvalue weighted by atomic mass is 10.1. The number of halogens is 2. The fourth-order valence-corrected chi connectivity index (χ4v) is 2.78. The van der Waals surface area contributed by atoms with Crippen molar-refractivity contribution in [1.29, 1.82) is 0 Å². The molecule has 1 atom stereocenters. The van der Waals surface area contributed by atoms with E-state index >= 15 is 0 Å². The maximum Gasteiger partial charge on any atom is 0.341 e. The number of nitrogens with one attached hydrogen (secondary N) is 1. The molecule has 1 saturated carbocycles. The summed E-state index contributed by atoms with van der Waals surface area (Å²) in [5.74, 6) is -1.55. The number of esters is 1. The van der Waals surface area contributed by atoms with Crippen molar-refractivity contribution in [2.24, 2.45) is 0 Å². The summed E-state index contributed by atoms with van der Waals surface area (Å²) < 4.78 is 19.4. The van der Waals surface area contributed by atoms with Gasteiger partial charge in [-0.25, -0.2) is 9.18 Å². The van der Waals surface area contributed by atoms with Gasteiger partial charge in [-0.1, -0.05) is 12.1 Å². The number of hydrogen-bond donors (Lipinski definition) is 2. The van der Waals surface area contributed by atoms with Crippen molar-refractivity contribution in [3.63, 3.8) is 0 Å². The summed E-state index contributed by atoms with van der Waals surface area (Å²) in [6.45, 7) is 0. The van der Waals surface area contributed by atoms with Gasteiger partial charge < -0.3 is 15.8 Å². The lowest BCUT2D eigenvalue weighted by Crippen LogP contribution is -2.33. The number of anilines is 1. The second-order valence-corrected chi connectivity index (χ2v) is 7.10. The maximum atomic E-state index is 13.2. The van der Waals surface area contributed by atoms with Gasteiger partial charge in [0.15, 0.2) is 0 Å². The molecule has 5 nitrogen and oxygen atoms in total. The molecule has 0 aliphatic heterocycles. The molecule has 0 bridgehead atoms. The molecule has 25 heavy (non-hydrogen) atoms. The average Bonchev–Trinajstić information content (AvgIpc) is 3.39. The highest BCUT2D eigenvalue weighted by Gasteiger charge is 2.31. The Morgan fingerprint density at radius 3 is 2.52 bits per heavy atom. The van der Waals surface area contributed by atoms with Crippen LogP contribution >= 0.6 is 22.6 Å². The number of nitrogens with two attached hydrogens (primary N) is 1. The van der Waals surface area contributed by atoms with Crippen LogP contribution < -0.4 is 11.1 Å². The molecular weight excluding hydrogens is 438 g/mol. The Labute approximate surface area is 157 Å². The first kappa shape index (κ1) is 17.7. The molecule has 3 rings (SSSR count). The van der Waals surface area contributed by atoms with E-state index in [1.165, 1.54) is 24.3 Å². The van der Waals surface area contributed by atoms with Gasteiger partial charge >= 0.3 is 5.97 Å². The van der Waals surface area contributed by atoms with Crippen LogP contribution in [0.25, 0.3) is 0 Å². The molecule has 1 aliphatic rings. The zero-order valence-corrected chi connectivity index (χ0v) is 15.3. The third-order valence-electron chi connectivity index (χ3n) is 3.79. The highest BCUT2D eigenvalue weighted by molar-refractivity contribution is 14.1. The van der Waals surface area contributed by atoms with Crippen molar-refractivity contribution in [3.8, 4) is 0 Å². The fraction of sp³-hybridized carbons (Fsp3) is 0.222. The molecular formula is C18H16FIN2O3. The summed E-state index contributed by atoms with van der Waals surface area (Å²) >= 11 is 2.06. The number of nitrogen functional groups attached to an aromatic ring is 1. The summed E-state index contributed by atoms with van der Waals surface area (Å²) in [5.41, 5.74) is 6.70. The molecule has 0 heterocycles. The van der Waals surface area contributed by atoms with Crippen LogP contribution in [-0.2, 0) is 9.53 Å². The number of hydrogen-bond acceptors (Lipinski definition) is 4. The number of carbonyl (C=O) groups is 2. The van der Waals surface area contributed by atoms with Gasteiger partial charge in [-0.15, -0.1) is 0 Å². The van der Waals surface area contributed by atoms with Gasteiger partial charge in [-0.05, 0) is 65.8 Å². The molecule has 1 amide bonds. The van der Waals surface area contributed by atoms with Crippen molar-refractivity contribution < 1.29 is 18.7 Å². The van der Waals surface area contributed by atoms with Gasteiger partial charge in [-0.2, -0.15) is 0 Å². The molecule has 0 radical (unpaired) electrons. The predicted octanol–water partition coefficient (Wildman–Crippen LogP) is 3.19. The molecule has 2 aromatic carbocycles. The third kappa shape index (κ3) is 4.47. The van der Waals surface area contributed by atoms with Crippen LogP contribution in [-0.4, -0.2) is 17.9 Å². The lowest BCUT2D eigenvalue weighted by Gasteiger charge is -2.18. The fourth-order valence-electron chi connectivity index (χ4n) is 2.29. The van der Waals surface area contributed by atoms with Crippen LogP contribution in [0.4, 0.5) is 10.1 Å². The van der Waals surface area contributed by atoms with Crippen LogP contribution in [0.2, 0.25) is 0 Å². The maximum absolute atomic E-state index is 13.2. The van der Waals surface area contributed by atoms with E-state index in [1.807, 2.05) is 0 Å². The molecule has 0 spiro atoms. The Balaban J connectivity index is 1.85. The van der Waals surface area contributed by atoms with Gasteiger partial charge in [0.25, 0.3) is 5.91 Å². The van der Waals surface area contributed by atoms with E-state index in [-0.39, 0.29) is 17.3 Å². The van der Waals surface area contributed by atoms with E-state index in [2.05, 4.69) is 27.9 Å². The Hall–Kier alpha value is -2.16. The third-order valence-corrected chi connectivity index (χ3v) is 4.47. The molecule has 130 valence electrons. The average molecular weight is 454 g/mol. The number of rotatable bonds is 5. The number of carbonyl (C=O) groups excluding carboxylic acids is 2. The molecule has 2 aromatic rings. The number of amides is 1. The second kappa shape index (κ2) is 7.38. The summed E-state index contributed by atoms with van der Waals surface area (Å²) in [4.78, 5) is 25.0. The van der Waals surface area contributed by atoms with E-state index in [1.54, 1.807) is 18.2 Å². The van der Waals surface area contributed by atoms with E-state index < -0.39 is 23.8 Å². The standard InChI is InChI=1S/C18H16FIN2O3/c19-11-3-1-10(2-4-11)16(17(23)22-13-6-7-13)25-18(24)14-9-12(20)5-8-15(14)21/h1-5,8-9,13,16H,6-7,21H2,(H,22,23). The zero-order valence-electron chi connectivity index (χ0n) is 13.2. The van der Waals surface area contributed by atoms with Gasteiger partial charge in [0, 0.05) is 20.9 Å². The molecule has 1 aliphatic carbocycles. The van der Waals surface area contributed by atoms with Gasteiger partial charge in [0.1, 0.15) is 5.82 Å². The molecule has 1 unspecified atom stereocenters. The monoisotopic (exact) mass is 454 g/mol. The Morgan fingerprint density at radius 1 is 1.20 bits per heavy atom. The highest BCUT2D eigenvalue weighted by Crippen LogP contribution is 2.26. The quantitative estimate of drug-likeness (QED) is 0.413. The van der Waals surface area contributed by atoms with Gasteiger partial charge in [0.2, 0.25) is 6.10 Å². The van der Waals surface area contributed by atoms with Crippen LogP contribution in [0, 0.1) is 9.39 Å². The molecule has 7 heteroatoms. The first-order valence-corrected chi connectivity index (χ1v) is 8.84. The summed E-state index contributed by atoms with van der Waals surface area (Å²) in [7, 11) is 0. The smallest absolute Gasteiger partial charge is 0.341 e. The van der Waals surface area contributed by atoms with Gasteiger partial charge in [-0.3, -0.25) is 4.79 Å². The Kier molecular flexibility index (Phi) is 5.22. The Bertz CT molecular complexity index is 806.